The van der Waals surface area contributed by atoms with Crippen molar-refractivity contribution in [2.75, 3.05) is 0 Å². The third-order valence-electron chi connectivity index (χ3n) is 2.89. The maximum atomic E-state index is 11.7. The number of nitrogens with zero attached hydrogens (tertiary/aromatic N) is 2. The highest BCUT2D eigenvalue weighted by molar-refractivity contribution is 5.83. The highest BCUT2D eigenvalue weighted by Gasteiger charge is 2.25. The summed E-state index contributed by atoms with van der Waals surface area (Å²) in [7, 11) is 0. The van der Waals surface area contributed by atoms with Crippen molar-refractivity contribution in [3.05, 3.63) is 28.9 Å². The predicted octanol–water partition coefficient (Wildman–Crippen LogP) is -0.141. The molecule has 0 aliphatic heterocycles. The number of amides is 1. The van der Waals surface area contributed by atoms with Crippen LogP contribution < -0.4 is 11.0 Å². The number of carboxylic acids is 1. The zero-order chi connectivity index (χ0) is 14.4. The van der Waals surface area contributed by atoms with Gasteiger partial charge in [0, 0.05) is 12.4 Å². The van der Waals surface area contributed by atoms with Crippen molar-refractivity contribution in [2.24, 2.45) is 5.92 Å². The number of carbonyl (C=O) groups excluding carboxylic acids is 1. The van der Waals surface area contributed by atoms with Crippen molar-refractivity contribution in [3.63, 3.8) is 0 Å². The van der Waals surface area contributed by atoms with Gasteiger partial charge in [-0.2, -0.15) is 0 Å². The molecule has 7 nitrogen and oxygen atoms in total. The lowest BCUT2D eigenvalue weighted by atomic mass is 9.99. The largest absolute Gasteiger partial charge is 0.480 e. The summed E-state index contributed by atoms with van der Waals surface area (Å²) in [6.07, 6.45) is 3.38. The number of carbonyl (C=O) groups is 2. The smallest absolute Gasteiger partial charge is 0.347 e. The van der Waals surface area contributed by atoms with E-state index in [1.807, 2.05) is 6.92 Å². The molecule has 1 heterocycles. The van der Waals surface area contributed by atoms with Crippen LogP contribution >= 0.6 is 0 Å². The first kappa shape index (κ1) is 14.9. The average Bonchev–Trinajstić information content (AvgIpc) is 2.37. The Bertz CT molecular complexity index is 512. The highest BCUT2D eigenvalue weighted by Crippen LogP contribution is 2.07. The highest BCUT2D eigenvalue weighted by atomic mass is 16.4. The summed E-state index contributed by atoms with van der Waals surface area (Å²) < 4.78 is 1.12. The molecule has 1 aromatic rings. The standard InChI is InChI=1S/C12H17N3O4/c1-3-8(2)10(11(17)18)14-9(16)7-15-6-4-5-13-12(15)19/h4-6,8,10H,3,7H2,1-2H3,(H,14,16)(H,17,18)/t8?,10-/m0/s1. The minimum absolute atomic E-state index is 0.188. The molecule has 1 amide bonds. The normalized spacial score (nSPS) is 13.6. The fourth-order valence-corrected chi connectivity index (χ4v) is 1.56. The van der Waals surface area contributed by atoms with Gasteiger partial charge in [-0.3, -0.25) is 9.36 Å². The maximum absolute atomic E-state index is 11.7. The first-order chi connectivity index (χ1) is 8.95. The van der Waals surface area contributed by atoms with E-state index in [1.54, 1.807) is 6.92 Å². The Balaban J connectivity index is 2.71. The number of carboxylic acid groups (broad SMARTS) is 1. The van der Waals surface area contributed by atoms with Crippen LogP contribution in [-0.4, -0.2) is 32.6 Å². The lowest BCUT2D eigenvalue weighted by Crippen LogP contribution is -2.46. The van der Waals surface area contributed by atoms with Gasteiger partial charge < -0.3 is 10.4 Å². The molecular formula is C12H17N3O4. The van der Waals surface area contributed by atoms with Crippen LogP contribution in [-0.2, 0) is 16.1 Å². The average molecular weight is 267 g/mol. The van der Waals surface area contributed by atoms with E-state index in [2.05, 4.69) is 10.3 Å². The van der Waals surface area contributed by atoms with E-state index in [0.29, 0.717) is 6.42 Å². The summed E-state index contributed by atoms with van der Waals surface area (Å²) in [5.41, 5.74) is -0.548. The van der Waals surface area contributed by atoms with Crippen LogP contribution in [0.15, 0.2) is 23.3 Å². The minimum atomic E-state index is -1.08. The van der Waals surface area contributed by atoms with Gasteiger partial charge in [0.05, 0.1) is 0 Å². The Hall–Kier alpha value is -2.18. The summed E-state index contributed by atoms with van der Waals surface area (Å²) in [4.78, 5) is 37.6. The van der Waals surface area contributed by atoms with E-state index in [4.69, 9.17) is 5.11 Å². The van der Waals surface area contributed by atoms with Gasteiger partial charge in [0.2, 0.25) is 5.91 Å². The summed E-state index contributed by atoms with van der Waals surface area (Å²) in [6, 6.07) is 0.572. The van der Waals surface area contributed by atoms with Gasteiger partial charge in [-0.1, -0.05) is 20.3 Å². The molecular weight excluding hydrogens is 250 g/mol. The number of hydrogen-bond acceptors (Lipinski definition) is 4. The SMILES string of the molecule is CCC(C)[C@H](NC(=O)Cn1cccnc1=O)C(=O)O. The van der Waals surface area contributed by atoms with Crippen LogP contribution in [0, 0.1) is 5.92 Å². The first-order valence-corrected chi connectivity index (χ1v) is 5.99. The molecule has 0 fully saturated rings. The van der Waals surface area contributed by atoms with E-state index >= 15 is 0 Å². The van der Waals surface area contributed by atoms with E-state index in [9.17, 15) is 14.4 Å². The van der Waals surface area contributed by atoms with E-state index in [1.165, 1.54) is 18.5 Å². The second-order valence-corrected chi connectivity index (χ2v) is 4.30. The Morgan fingerprint density at radius 1 is 1.53 bits per heavy atom. The second-order valence-electron chi connectivity index (χ2n) is 4.30. The third kappa shape index (κ3) is 4.20. The van der Waals surface area contributed by atoms with Crippen molar-refractivity contribution in [3.8, 4) is 0 Å². The van der Waals surface area contributed by atoms with Gasteiger partial charge in [0.25, 0.3) is 0 Å². The van der Waals surface area contributed by atoms with E-state index in [-0.39, 0.29) is 12.5 Å². The maximum Gasteiger partial charge on any atom is 0.347 e. The summed E-state index contributed by atoms with van der Waals surface area (Å²) >= 11 is 0. The molecule has 0 aliphatic rings. The lowest BCUT2D eigenvalue weighted by molar-refractivity contribution is -0.143. The van der Waals surface area contributed by atoms with Gasteiger partial charge in [0.1, 0.15) is 12.6 Å². The molecule has 0 saturated heterocycles. The number of aromatic nitrogens is 2. The Morgan fingerprint density at radius 2 is 2.21 bits per heavy atom. The van der Waals surface area contributed by atoms with Crippen molar-refractivity contribution in [2.45, 2.75) is 32.9 Å². The predicted molar refractivity (Wildman–Crippen MR) is 67.5 cm³/mol. The number of aliphatic carboxylic acids is 1. The molecule has 0 bridgehead atoms. The summed E-state index contributed by atoms with van der Waals surface area (Å²) in [6.45, 7) is 3.35. The van der Waals surface area contributed by atoms with Gasteiger partial charge in [-0.05, 0) is 12.0 Å². The van der Waals surface area contributed by atoms with Gasteiger partial charge in [-0.15, -0.1) is 0 Å². The monoisotopic (exact) mass is 267 g/mol. The third-order valence-corrected chi connectivity index (χ3v) is 2.89. The van der Waals surface area contributed by atoms with Crippen molar-refractivity contribution in [1.29, 1.82) is 0 Å². The molecule has 1 rings (SSSR count). The molecule has 7 heteroatoms. The van der Waals surface area contributed by atoms with Crippen LogP contribution in [0.4, 0.5) is 0 Å². The summed E-state index contributed by atoms with van der Waals surface area (Å²) in [5.74, 6) is -1.80. The zero-order valence-electron chi connectivity index (χ0n) is 10.9. The van der Waals surface area contributed by atoms with Crippen molar-refractivity contribution >= 4 is 11.9 Å². The number of hydrogen-bond donors (Lipinski definition) is 2. The van der Waals surface area contributed by atoms with Crippen molar-refractivity contribution in [1.82, 2.24) is 14.9 Å². The van der Waals surface area contributed by atoms with Crippen molar-refractivity contribution < 1.29 is 14.7 Å². The zero-order valence-corrected chi connectivity index (χ0v) is 10.9. The molecule has 0 saturated carbocycles. The van der Waals surface area contributed by atoms with Crippen LogP contribution in [0.25, 0.3) is 0 Å². The fourth-order valence-electron chi connectivity index (χ4n) is 1.56. The molecule has 0 aromatic carbocycles. The molecule has 1 aromatic heterocycles. The molecule has 2 atom stereocenters. The minimum Gasteiger partial charge on any atom is -0.480 e. The second kappa shape index (κ2) is 6.67. The number of rotatable bonds is 6. The van der Waals surface area contributed by atoms with Crippen LogP contribution in [0.1, 0.15) is 20.3 Å². The lowest BCUT2D eigenvalue weighted by Gasteiger charge is -2.20. The van der Waals surface area contributed by atoms with Gasteiger partial charge in [-0.25, -0.2) is 14.6 Å². The van der Waals surface area contributed by atoms with Crippen LogP contribution in [0.2, 0.25) is 0 Å². The molecule has 0 aliphatic carbocycles. The van der Waals surface area contributed by atoms with Crippen LogP contribution in [0.3, 0.4) is 0 Å². The first-order valence-electron chi connectivity index (χ1n) is 5.99. The molecule has 19 heavy (non-hydrogen) atoms. The molecule has 1 unspecified atom stereocenters. The van der Waals surface area contributed by atoms with Gasteiger partial charge >= 0.3 is 11.7 Å². The number of nitrogens with one attached hydrogen (secondary N) is 1. The Morgan fingerprint density at radius 3 is 2.74 bits per heavy atom. The molecule has 0 spiro atoms. The Labute approximate surface area is 110 Å². The Kier molecular flexibility index (Phi) is 5.23. The fraction of sp³-hybridized carbons (Fsp3) is 0.500. The summed E-state index contributed by atoms with van der Waals surface area (Å²) in [5, 5.41) is 11.5. The molecule has 0 radical (unpaired) electrons. The molecule has 104 valence electrons. The quantitative estimate of drug-likeness (QED) is 0.747. The van der Waals surface area contributed by atoms with Gasteiger partial charge in [0.15, 0.2) is 0 Å². The van der Waals surface area contributed by atoms with E-state index in [0.717, 1.165) is 4.57 Å². The van der Waals surface area contributed by atoms with E-state index < -0.39 is 23.6 Å². The topological polar surface area (TPSA) is 101 Å². The molecule has 2 N–H and O–H groups in total. The van der Waals surface area contributed by atoms with Crippen LogP contribution in [0.5, 0.6) is 0 Å².